The van der Waals surface area contributed by atoms with Gasteiger partial charge in [-0.3, -0.25) is 0 Å². The Labute approximate surface area is 192 Å². The van der Waals surface area contributed by atoms with Crippen LogP contribution in [0.2, 0.25) is 0 Å². The molecule has 1 unspecified atom stereocenters. The summed E-state index contributed by atoms with van der Waals surface area (Å²) in [5.74, 6) is 2.23. The summed E-state index contributed by atoms with van der Waals surface area (Å²) in [6.07, 6.45) is 3.61. The van der Waals surface area contributed by atoms with Gasteiger partial charge in [-0.1, -0.05) is 37.3 Å². The normalized spacial score (nSPS) is 15.0. The van der Waals surface area contributed by atoms with Gasteiger partial charge in [0.25, 0.3) is 0 Å². The third kappa shape index (κ3) is 4.80. The molecular weight excluding hydrogens is 418 g/mol. The lowest BCUT2D eigenvalue weighted by Gasteiger charge is -2.27. The molecule has 8 heteroatoms. The van der Waals surface area contributed by atoms with Gasteiger partial charge in [0.15, 0.2) is 0 Å². The fourth-order valence-electron chi connectivity index (χ4n) is 3.94. The second-order valence-corrected chi connectivity index (χ2v) is 9.07. The molecule has 1 saturated heterocycles. The Morgan fingerprint density at radius 3 is 2.62 bits per heavy atom. The topological polar surface area (TPSA) is 78.9 Å². The number of nitrogens with zero attached hydrogens (tertiary/aromatic N) is 5. The van der Waals surface area contributed by atoms with Crippen LogP contribution in [0, 0.1) is 0 Å². The smallest absolute Gasteiger partial charge is 0.233 e. The SMILES string of the molecule is CC(CNc1nc(Nc2ccc3ncsc3c2)nc(N2CCCCC2)n1)c1ccccc1. The molecule has 0 spiro atoms. The second kappa shape index (κ2) is 9.48. The number of rotatable bonds is 7. The van der Waals surface area contributed by atoms with E-state index in [-0.39, 0.29) is 0 Å². The van der Waals surface area contributed by atoms with E-state index in [4.69, 9.17) is 9.97 Å². The maximum absolute atomic E-state index is 4.75. The molecule has 3 heterocycles. The first kappa shape index (κ1) is 20.6. The van der Waals surface area contributed by atoms with E-state index < -0.39 is 0 Å². The lowest BCUT2D eigenvalue weighted by Crippen LogP contribution is -2.31. The van der Waals surface area contributed by atoms with Crippen molar-refractivity contribution in [2.75, 3.05) is 35.2 Å². The molecule has 0 radical (unpaired) electrons. The van der Waals surface area contributed by atoms with Gasteiger partial charge >= 0.3 is 0 Å². The summed E-state index contributed by atoms with van der Waals surface area (Å²) < 4.78 is 1.13. The van der Waals surface area contributed by atoms with Crippen LogP contribution < -0.4 is 15.5 Å². The van der Waals surface area contributed by atoms with Gasteiger partial charge in [-0.15, -0.1) is 11.3 Å². The van der Waals surface area contributed by atoms with E-state index in [9.17, 15) is 0 Å². The van der Waals surface area contributed by atoms with Crippen LogP contribution in [0.15, 0.2) is 54.0 Å². The standard InChI is InChI=1S/C24H27N7S/c1-17(18-8-4-2-5-9-18)15-25-22-28-23(30-24(29-22)31-12-6-3-7-13-31)27-19-10-11-20-21(14-19)32-16-26-20/h2,4-5,8-11,14,16-17H,3,6-7,12-13,15H2,1H3,(H2,25,27,28,29,30). The molecule has 0 amide bonds. The third-order valence-electron chi connectivity index (χ3n) is 5.78. The van der Waals surface area contributed by atoms with E-state index in [1.165, 1.54) is 24.8 Å². The largest absolute Gasteiger partial charge is 0.353 e. The average molecular weight is 446 g/mol. The molecule has 2 aromatic carbocycles. The highest BCUT2D eigenvalue weighted by molar-refractivity contribution is 7.16. The van der Waals surface area contributed by atoms with Crippen LogP contribution in [0.5, 0.6) is 0 Å². The highest BCUT2D eigenvalue weighted by atomic mass is 32.1. The Kier molecular flexibility index (Phi) is 6.11. The van der Waals surface area contributed by atoms with Crippen LogP contribution in [0.3, 0.4) is 0 Å². The molecule has 164 valence electrons. The predicted molar refractivity (Wildman–Crippen MR) is 132 cm³/mol. The van der Waals surface area contributed by atoms with Crippen molar-refractivity contribution < 1.29 is 0 Å². The van der Waals surface area contributed by atoms with Gasteiger partial charge in [0.1, 0.15) is 0 Å². The average Bonchev–Trinajstić information content (AvgIpc) is 3.31. The molecular formula is C24H27N7S. The van der Waals surface area contributed by atoms with Gasteiger partial charge in [-0.05, 0) is 48.9 Å². The minimum absolute atomic E-state index is 0.344. The van der Waals surface area contributed by atoms with Crippen LogP contribution in [0.4, 0.5) is 23.5 Å². The molecule has 0 aliphatic carbocycles. The zero-order valence-corrected chi connectivity index (χ0v) is 19.0. The second-order valence-electron chi connectivity index (χ2n) is 8.18. The van der Waals surface area contributed by atoms with Crippen molar-refractivity contribution >= 4 is 45.1 Å². The first-order chi connectivity index (χ1) is 15.7. The van der Waals surface area contributed by atoms with Crippen LogP contribution in [-0.4, -0.2) is 39.6 Å². The van der Waals surface area contributed by atoms with Gasteiger partial charge in [0.2, 0.25) is 17.8 Å². The fraction of sp³-hybridized carbons (Fsp3) is 0.333. The Morgan fingerprint density at radius 2 is 1.78 bits per heavy atom. The Hall–Kier alpha value is -3.26. The molecule has 4 aromatic rings. The third-order valence-corrected chi connectivity index (χ3v) is 6.58. The van der Waals surface area contributed by atoms with E-state index in [2.05, 4.69) is 62.8 Å². The summed E-state index contributed by atoms with van der Waals surface area (Å²) in [7, 11) is 0. The summed E-state index contributed by atoms with van der Waals surface area (Å²) in [6.45, 7) is 4.92. The first-order valence-electron chi connectivity index (χ1n) is 11.1. The highest BCUT2D eigenvalue weighted by Crippen LogP contribution is 2.25. The number of piperidine rings is 1. The van der Waals surface area contributed by atoms with Crippen molar-refractivity contribution in [3.63, 3.8) is 0 Å². The van der Waals surface area contributed by atoms with Crippen LogP contribution in [0.1, 0.15) is 37.7 Å². The molecule has 0 bridgehead atoms. The van der Waals surface area contributed by atoms with E-state index >= 15 is 0 Å². The molecule has 0 saturated carbocycles. The number of hydrogen-bond donors (Lipinski definition) is 2. The lowest BCUT2D eigenvalue weighted by molar-refractivity contribution is 0.568. The number of thiazole rings is 1. The summed E-state index contributed by atoms with van der Waals surface area (Å²) in [4.78, 5) is 20.8. The maximum Gasteiger partial charge on any atom is 0.233 e. The number of nitrogens with one attached hydrogen (secondary N) is 2. The van der Waals surface area contributed by atoms with Gasteiger partial charge in [-0.2, -0.15) is 15.0 Å². The van der Waals surface area contributed by atoms with Crippen molar-refractivity contribution in [1.29, 1.82) is 0 Å². The number of aromatic nitrogens is 4. The minimum Gasteiger partial charge on any atom is -0.353 e. The Bertz CT molecular complexity index is 1170. The maximum atomic E-state index is 4.75. The molecule has 5 rings (SSSR count). The Balaban J connectivity index is 1.38. The minimum atomic E-state index is 0.344. The molecule has 1 atom stereocenters. The molecule has 1 fully saturated rings. The number of benzene rings is 2. The molecule has 2 N–H and O–H groups in total. The zero-order chi connectivity index (χ0) is 21.8. The molecule has 2 aromatic heterocycles. The summed E-state index contributed by atoms with van der Waals surface area (Å²) in [5, 5.41) is 6.81. The van der Waals surface area contributed by atoms with E-state index in [0.717, 1.165) is 41.5 Å². The molecule has 7 nitrogen and oxygen atoms in total. The quantitative estimate of drug-likeness (QED) is 0.393. The fourth-order valence-corrected chi connectivity index (χ4v) is 4.66. The van der Waals surface area contributed by atoms with E-state index in [1.807, 2.05) is 23.7 Å². The molecule has 32 heavy (non-hydrogen) atoms. The summed E-state index contributed by atoms with van der Waals surface area (Å²) >= 11 is 1.63. The monoisotopic (exact) mass is 445 g/mol. The summed E-state index contributed by atoms with van der Waals surface area (Å²) in [5.41, 5.74) is 5.10. The van der Waals surface area contributed by atoms with Crippen molar-refractivity contribution in [2.45, 2.75) is 32.1 Å². The summed E-state index contributed by atoms with van der Waals surface area (Å²) in [6, 6.07) is 16.6. The van der Waals surface area contributed by atoms with Crippen molar-refractivity contribution in [2.24, 2.45) is 0 Å². The van der Waals surface area contributed by atoms with Crippen LogP contribution >= 0.6 is 11.3 Å². The number of anilines is 4. The predicted octanol–water partition coefficient (Wildman–Crippen LogP) is 5.43. The zero-order valence-electron chi connectivity index (χ0n) is 18.2. The molecule has 1 aliphatic heterocycles. The van der Waals surface area contributed by atoms with Crippen molar-refractivity contribution in [3.8, 4) is 0 Å². The van der Waals surface area contributed by atoms with E-state index in [0.29, 0.717) is 17.8 Å². The Morgan fingerprint density at radius 1 is 0.969 bits per heavy atom. The van der Waals surface area contributed by atoms with Gasteiger partial charge in [0.05, 0.1) is 15.7 Å². The first-order valence-corrected chi connectivity index (χ1v) is 12.0. The molecule has 1 aliphatic rings. The van der Waals surface area contributed by atoms with Crippen LogP contribution in [0.25, 0.3) is 10.2 Å². The highest BCUT2D eigenvalue weighted by Gasteiger charge is 2.17. The van der Waals surface area contributed by atoms with Gasteiger partial charge in [0, 0.05) is 25.3 Å². The number of hydrogen-bond acceptors (Lipinski definition) is 8. The lowest BCUT2D eigenvalue weighted by atomic mass is 10.0. The number of fused-ring (bicyclic) bond motifs is 1. The van der Waals surface area contributed by atoms with Gasteiger partial charge < -0.3 is 15.5 Å². The van der Waals surface area contributed by atoms with Crippen molar-refractivity contribution in [3.05, 3.63) is 59.6 Å². The van der Waals surface area contributed by atoms with Gasteiger partial charge in [-0.25, -0.2) is 4.98 Å². The van der Waals surface area contributed by atoms with E-state index in [1.54, 1.807) is 11.3 Å². The van der Waals surface area contributed by atoms with Crippen molar-refractivity contribution in [1.82, 2.24) is 19.9 Å². The van der Waals surface area contributed by atoms with Crippen LogP contribution in [-0.2, 0) is 0 Å².